The Morgan fingerprint density at radius 2 is 2.05 bits per heavy atom. The number of ether oxygens (including phenoxy) is 1. The number of nitrogens with one attached hydrogen (secondary N) is 1. The van der Waals surface area contributed by atoms with Gasteiger partial charge in [-0.15, -0.1) is 0 Å². The Balaban J connectivity index is 2.36. The van der Waals surface area contributed by atoms with Crippen molar-refractivity contribution in [2.75, 3.05) is 21.2 Å². The molecule has 0 saturated heterocycles. The fraction of sp³-hybridized carbons (Fsp3) is 0.250. The smallest absolute Gasteiger partial charge is 0.356 e. The van der Waals surface area contributed by atoms with Gasteiger partial charge in [0.1, 0.15) is 5.69 Å². The highest BCUT2D eigenvalue weighted by Gasteiger charge is 2.17. The van der Waals surface area contributed by atoms with Gasteiger partial charge >= 0.3 is 5.97 Å². The van der Waals surface area contributed by atoms with Crippen LogP contribution < -0.4 is 0 Å². The molecule has 1 heterocycles. The second-order valence-corrected chi connectivity index (χ2v) is 4.90. The van der Waals surface area contributed by atoms with Gasteiger partial charge in [0.2, 0.25) is 0 Å². The number of aliphatic imine (C=N–C) groups is 1. The van der Waals surface area contributed by atoms with Gasteiger partial charge in [-0.3, -0.25) is 0 Å². The number of rotatable bonds is 5. The van der Waals surface area contributed by atoms with Crippen LogP contribution in [-0.4, -0.2) is 43.4 Å². The van der Waals surface area contributed by atoms with Crippen LogP contribution in [0.2, 0.25) is 0 Å². The summed E-state index contributed by atoms with van der Waals surface area (Å²) in [7, 11) is 5.12. The molecule has 5 nitrogen and oxygen atoms in total. The molecule has 21 heavy (non-hydrogen) atoms. The maximum atomic E-state index is 11.8. The molecule has 110 valence electrons. The summed E-state index contributed by atoms with van der Waals surface area (Å²) >= 11 is 0. The molecule has 0 bridgehead atoms. The van der Waals surface area contributed by atoms with Gasteiger partial charge < -0.3 is 14.6 Å². The summed E-state index contributed by atoms with van der Waals surface area (Å²) < 4.78 is 4.79. The molecule has 1 aromatic heterocycles. The monoisotopic (exact) mass is 285 g/mol. The molecule has 0 amide bonds. The van der Waals surface area contributed by atoms with Gasteiger partial charge in [-0.2, -0.15) is 0 Å². The third kappa shape index (κ3) is 3.72. The average molecular weight is 285 g/mol. The number of aromatic amines is 1. The van der Waals surface area contributed by atoms with Gasteiger partial charge in [0.15, 0.2) is 5.69 Å². The number of carbonyl (C=O) groups excluding carboxylic acids is 1. The van der Waals surface area contributed by atoms with E-state index in [-0.39, 0.29) is 0 Å². The van der Waals surface area contributed by atoms with E-state index in [0.29, 0.717) is 17.8 Å². The Morgan fingerprint density at radius 1 is 1.33 bits per heavy atom. The van der Waals surface area contributed by atoms with Crippen LogP contribution in [0.15, 0.2) is 41.5 Å². The molecule has 0 spiro atoms. The number of esters is 1. The normalized spacial score (nSPS) is 10.8. The van der Waals surface area contributed by atoms with Crippen LogP contribution in [0.3, 0.4) is 0 Å². The summed E-state index contributed by atoms with van der Waals surface area (Å²) in [5.41, 5.74) is 3.12. The first-order chi connectivity index (χ1) is 10.1. The van der Waals surface area contributed by atoms with Crippen molar-refractivity contribution in [3.8, 4) is 0 Å². The number of carbonyl (C=O) groups is 1. The van der Waals surface area contributed by atoms with Crippen molar-refractivity contribution in [3.05, 3.63) is 53.3 Å². The average Bonchev–Trinajstić information content (AvgIpc) is 2.88. The molecule has 0 atom stereocenters. The fourth-order valence-corrected chi connectivity index (χ4v) is 1.99. The summed E-state index contributed by atoms with van der Waals surface area (Å²) in [5.74, 6) is -0.416. The Kier molecular flexibility index (Phi) is 4.77. The minimum atomic E-state index is -0.416. The molecule has 1 N–H and O–H groups in total. The van der Waals surface area contributed by atoms with E-state index in [1.54, 1.807) is 6.34 Å². The lowest BCUT2D eigenvalue weighted by Crippen LogP contribution is -2.08. The molecule has 1 aromatic carbocycles. The van der Waals surface area contributed by atoms with E-state index in [1.165, 1.54) is 7.11 Å². The number of methoxy groups -OCH3 is 1. The summed E-state index contributed by atoms with van der Waals surface area (Å²) in [4.78, 5) is 21.0. The second kappa shape index (κ2) is 6.74. The van der Waals surface area contributed by atoms with Gasteiger partial charge in [0.25, 0.3) is 0 Å². The Hall–Kier alpha value is -2.56. The maximum Gasteiger partial charge on any atom is 0.356 e. The first kappa shape index (κ1) is 14.8. The zero-order valence-electron chi connectivity index (χ0n) is 12.5. The van der Waals surface area contributed by atoms with Crippen molar-refractivity contribution < 1.29 is 9.53 Å². The van der Waals surface area contributed by atoms with Crippen molar-refractivity contribution >= 4 is 18.0 Å². The van der Waals surface area contributed by atoms with E-state index in [2.05, 4.69) is 9.98 Å². The van der Waals surface area contributed by atoms with Crippen molar-refractivity contribution in [1.82, 2.24) is 9.88 Å². The SMILES string of the molecule is COC(=O)c1[nH]cc(Cc2ccccc2)c1N=CN(C)C. The molecule has 2 rings (SSSR count). The molecule has 0 aliphatic rings. The first-order valence-electron chi connectivity index (χ1n) is 6.65. The standard InChI is InChI=1S/C16H19N3O2/c1-19(2)11-18-14-13(9-12-7-5-4-6-8-12)10-17-15(14)16(20)21-3/h4-8,10-11,17H,9H2,1-3H3. The minimum absolute atomic E-state index is 0.376. The topological polar surface area (TPSA) is 57.7 Å². The third-order valence-electron chi connectivity index (χ3n) is 2.98. The summed E-state index contributed by atoms with van der Waals surface area (Å²) in [6.07, 6.45) is 4.18. The highest BCUT2D eigenvalue weighted by Crippen LogP contribution is 2.27. The third-order valence-corrected chi connectivity index (χ3v) is 2.98. The Morgan fingerprint density at radius 3 is 2.67 bits per heavy atom. The molecule has 2 aromatic rings. The van der Waals surface area contributed by atoms with Crippen molar-refractivity contribution in [2.45, 2.75) is 6.42 Å². The zero-order chi connectivity index (χ0) is 15.2. The van der Waals surface area contributed by atoms with E-state index in [0.717, 1.165) is 11.1 Å². The van der Waals surface area contributed by atoms with Crippen LogP contribution in [0.1, 0.15) is 21.6 Å². The largest absolute Gasteiger partial charge is 0.464 e. The molecule has 0 aliphatic carbocycles. The molecule has 0 aliphatic heterocycles. The summed E-state index contributed by atoms with van der Waals surface area (Å²) in [6.45, 7) is 0. The highest BCUT2D eigenvalue weighted by atomic mass is 16.5. The highest BCUT2D eigenvalue weighted by molar-refractivity contribution is 5.94. The lowest BCUT2D eigenvalue weighted by atomic mass is 10.1. The zero-order valence-corrected chi connectivity index (χ0v) is 12.5. The van der Waals surface area contributed by atoms with Crippen LogP contribution in [0.25, 0.3) is 0 Å². The van der Waals surface area contributed by atoms with E-state index < -0.39 is 5.97 Å². The van der Waals surface area contributed by atoms with Crippen LogP contribution in [-0.2, 0) is 11.2 Å². The molecular weight excluding hydrogens is 266 g/mol. The maximum absolute atomic E-state index is 11.8. The fourth-order valence-electron chi connectivity index (χ4n) is 1.99. The van der Waals surface area contributed by atoms with Crippen molar-refractivity contribution in [1.29, 1.82) is 0 Å². The molecule has 0 saturated carbocycles. The van der Waals surface area contributed by atoms with Gasteiger partial charge in [-0.1, -0.05) is 30.3 Å². The van der Waals surface area contributed by atoms with E-state index in [1.807, 2.05) is 55.5 Å². The first-order valence-corrected chi connectivity index (χ1v) is 6.65. The summed E-state index contributed by atoms with van der Waals surface area (Å²) in [6, 6.07) is 10.1. The van der Waals surface area contributed by atoms with Gasteiger partial charge in [-0.05, 0) is 5.56 Å². The minimum Gasteiger partial charge on any atom is -0.464 e. The molecule has 0 radical (unpaired) electrons. The number of nitrogens with zero attached hydrogens (tertiary/aromatic N) is 2. The van der Waals surface area contributed by atoms with E-state index >= 15 is 0 Å². The number of hydrogen-bond acceptors (Lipinski definition) is 3. The van der Waals surface area contributed by atoms with Gasteiger partial charge in [-0.25, -0.2) is 9.79 Å². The molecule has 0 fully saturated rings. The van der Waals surface area contributed by atoms with E-state index in [9.17, 15) is 4.79 Å². The molecular formula is C16H19N3O2. The molecule has 0 unspecified atom stereocenters. The van der Waals surface area contributed by atoms with Gasteiger partial charge in [0.05, 0.1) is 13.4 Å². The molecule has 5 heteroatoms. The van der Waals surface area contributed by atoms with Crippen LogP contribution in [0.5, 0.6) is 0 Å². The predicted molar refractivity (Wildman–Crippen MR) is 83.2 cm³/mol. The number of benzene rings is 1. The quantitative estimate of drug-likeness (QED) is 0.522. The van der Waals surface area contributed by atoms with Crippen molar-refractivity contribution in [3.63, 3.8) is 0 Å². The number of hydrogen-bond donors (Lipinski definition) is 1. The number of H-pyrrole nitrogens is 1. The van der Waals surface area contributed by atoms with Crippen LogP contribution in [0, 0.1) is 0 Å². The van der Waals surface area contributed by atoms with Crippen LogP contribution >= 0.6 is 0 Å². The lowest BCUT2D eigenvalue weighted by Gasteiger charge is -2.05. The Bertz CT molecular complexity index is 630. The predicted octanol–water partition coefficient (Wildman–Crippen LogP) is 2.61. The lowest BCUT2D eigenvalue weighted by molar-refractivity contribution is 0.0596. The summed E-state index contributed by atoms with van der Waals surface area (Å²) in [5, 5.41) is 0. The van der Waals surface area contributed by atoms with Crippen molar-refractivity contribution in [2.24, 2.45) is 4.99 Å². The van der Waals surface area contributed by atoms with Gasteiger partial charge in [0, 0.05) is 32.3 Å². The number of aromatic nitrogens is 1. The van der Waals surface area contributed by atoms with Crippen LogP contribution in [0.4, 0.5) is 5.69 Å². The second-order valence-electron chi connectivity index (χ2n) is 4.90. The van der Waals surface area contributed by atoms with E-state index in [4.69, 9.17) is 4.74 Å². The Labute approximate surface area is 124 Å².